The zero-order valence-electron chi connectivity index (χ0n) is 12.8. The van der Waals surface area contributed by atoms with Gasteiger partial charge in [-0.15, -0.1) is 0 Å². The van der Waals surface area contributed by atoms with Crippen LogP contribution in [0.1, 0.15) is 35.3 Å². The molecule has 0 aliphatic rings. The van der Waals surface area contributed by atoms with Gasteiger partial charge in [-0.3, -0.25) is 4.79 Å². The minimum absolute atomic E-state index is 0.217. The third-order valence-electron chi connectivity index (χ3n) is 3.17. The molecular formula is C16H21NO4. The molecule has 0 radical (unpaired) electrons. The number of carbonyl (C=O) groups excluding carboxylic acids is 1. The number of rotatable bonds is 6. The van der Waals surface area contributed by atoms with Crippen molar-refractivity contribution in [1.82, 2.24) is 5.32 Å². The summed E-state index contributed by atoms with van der Waals surface area (Å²) in [7, 11) is 1.59. The summed E-state index contributed by atoms with van der Waals surface area (Å²) < 4.78 is 5.24. The molecule has 0 aliphatic carbocycles. The predicted molar refractivity (Wildman–Crippen MR) is 81.3 cm³/mol. The monoisotopic (exact) mass is 291 g/mol. The van der Waals surface area contributed by atoms with E-state index in [1.165, 1.54) is 6.08 Å². The second kappa shape index (κ2) is 7.04. The van der Waals surface area contributed by atoms with Gasteiger partial charge in [-0.2, -0.15) is 0 Å². The first-order valence-electron chi connectivity index (χ1n) is 6.60. The number of carbonyl (C=O) groups is 2. The Morgan fingerprint density at radius 2 is 2.05 bits per heavy atom. The van der Waals surface area contributed by atoms with Crippen molar-refractivity contribution in [2.45, 2.75) is 26.4 Å². The van der Waals surface area contributed by atoms with E-state index in [9.17, 15) is 9.59 Å². The van der Waals surface area contributed by atoms with Crippen molar-refractivity contribution in [2.24, 2.45) is 0 Å². The maximum Gasteiger partial charge on any atom is 0.328 e. The Morgan fingerprint density at radius 3 is 2.62 bits per heavy atom. The molecule has 0 saturated heterocycles. The van der Waals surface area contributed by atoms with E-state index in [4.69, 9.17) is 9.84 Å². The number of amides is 1. The van der Waals surface area contributed by atoms with Crippen LogP contribution in [0.25, 0.3) is 6.08 Å². The van der Waals surface area contributed by atoms with Gasteiger partial charge in [0.2, 0.25) is 0 Å². The van der Waals surface area contributed by atoms with Crippen LogP contribution in [0, 0.1) is 6.92 Å². The number of carboxylic acids is 1. The number of benzene rings is 1. The van der Waals surface area contributed by atoms with Crippen molar-refractivity contribution in [1.29, 1.82) is 0 Å². The molecule has 0 unspecified atom stereocenters. The summed E-state index contributed by atoms with van der Waals surface area (Å²) in [6.07, 6.45) is 2.53. The zero-order valence-corrected chi connectivity index (χ0v) is 12.8. The molecule has 1 aromatic rings. The van der Waals surface area contributed by atoms with Crippen LogP contribution in [0.3, 0.4) is 0 Å². The second-order valence-electron chi connectivity index (χ2n) is 5.39. The number of ether oxygens (including phenoxy) is 1. The van der Waals surface area contributed by atoms with E-state index in [-0.39, 0.29) is 5.91 Å². The largest absolute Gasteiger partial charge is 0.478 e. The van der Waals surface area contributed by atoms with Crippen LogP contribution in [0.2, 0.25) is 0 Å². The highest BCUT2D eigenvalue weighted by Crippen LogP contribution is 2.14. The second-order valence-corrected chi connectivity index (χ2v) is 5.39. The van der Waals surface area contributed by atoms with E-state index in [0.29, 0.717) is 17.7 Å². The SMILES string of the molecule is COC(C)(C)CNC(=O)c1ccc(C)c(/C=C/C(=O)O)c1. The van der Waals surface area contributed by atoms with Gasteiger partial charge in [0.1, 0.15) is 0 Å². The number of hydrogen-bond donors (Lipinski definition) is 2. The highest BCUT2D eigenvalue weighted by molar-refractivity contribution is 5.95. The Hall–Kier alpha value is -2.14. The van der Waals surface area contributed by atoms with Crippen LogP contribution in [-0.2, 0) is 9.53 Å². The fraction of sp³-hybridized carbons (Fsp3) is 0.375. The summed E-state index contributed by atoms with van der Waals surface area (Å²) in [4.78, 5) is 22.7. The molecule has 0 aromatic heterocycles. The summed E-state index contributed by atoms with van der Waals surface area (Å²) in [5, 5.41) is 11.5. The number of aliphatic carboxylic acids is 1. The highest BCUT2D eigenvalue weighted by Gasteiger charge is 2.18. The zero-order chi connectivity index (χ0) is 16.0. The van der Waals surface area contributed by atoms with Crippen molar-refractivity contribution in [3.63, 3.8) is 0 Å². The molecule has 2 N–H and O–H groups in total. The van der Waals surface area contributed by atoms with E-state index in [0.717, 1.165) is 11.6 Å². The van der Waals surface area contributed by atoms with E-state index in [2.05, 4.69) is 5.32 Å². The first-order chi connectivity index (χ1) is 9.75. The third kappa shape index (κ3) is 5.39. The molecule has 0 aliphatic heterocycles. The summed E-state index contributed by atoms with van der Waals surface area (Å²) in [6, 6.07) is 5.17. The van der Waals surface area contributed by atoms with Crippen molar-refractivity contribution in [3.05, 3.63) is 41.0 Å². The standard InChI is InChI=1S/C16H21NO4/c1-11-5-6-13(9-12(11)7-8-14(18)19)15(20)17-10-16(2,3)21-4/h5-9H,10H2,1-4H3,(H,17,20)(H,18,19)/b8-7+. The van der Waals surface area contributed by atoms with E-state index in [1.54, 1.807) is 25.3 Å². The third-order valence-corrected chi connectivity index (χ3v) is 3.17. The molecule has 0 heterocycles. The van der Waals surface area contributed by atoms with Gasteiger partial charge in [-0.05, 0) is 50.1 Å². The number of carboxylic acid groups (broad SMARTS) is 1. The molecule has 0 bridgehead atoms. The number of nitrogens with one attached hydrogen (secondary N) is 1. The van der Waals surface area contributed by atoms with Gasteiger partial charge in [0, 0.05) is 25.3 Å². The van der Waals surface area contributed by atoms with Gasteiger partial charge >= 0.3 is 5.97 Å². The van der Waals surface area contributed by atoms with E-state index < -0.39 is 11.6 Å². The van der Waals surface area contributed by atoms with Crippen molar-refractivity contribution in [2.75, 3.05) is 13.7 Å². The molecular weight excluding hydrogens is 270 g/mol. The topological polar surface area (TPSA) is 75.6 Å². The Labute approximate surface area is 124 Å². The molecule has 1 rings (SSSR count). The van der Waals surface area contributed by atoms with Gasteiger partial charge in [0.15, 0.2) is 0 Å². The number of aryl methyl sites for hydroxylation is 1. The predicted octanol–water partition coefficient (Wildman–Crippen LogP) is 2.25. The Morgan fingerprint density at radius 1 is 1.38 bits per heavy atom. The van der Waals surface area contributed by atoms with Crippen molar-refractivity contribution >= 4 is 18.0 Å². The lowest BCUT2D eigenvalue weighted by molar-refractivity contribution is -0.131. The average Bonchev–Trinajstić information content (AvgIpc) is 2.44. The van der Waals surface area contributed by atoms with E-state index in [1.807, 2.05) is 20.8 Å². The van der Waals surface area contributed by atoms with Crippen LogP contribution in [-0.4, -0.2) is 36.2 Å². The van der Waals surface area contributed by atoms with E-state index >= 15 is 0 Å². The summed E-state index contributed by atoms with van der Waals surface area (Å²) in [6.45, 7) is 6.00. The van der Waals surface area contributed by atoms with Crippen LogP contribution >= 0.6 is 0 Å². The first kappa shape index (κ1) is 16.9. The average molecular weight is 291 g/mol. The summed E-state index contributed by atoms with van der Waals surface area (Å²) >= 11 is 0. The molecule has 5 heteroatoms. The first-order valence-corrected chi connectivity index (χ1v) is 6.60. The highest BCUT2D eigenvalue weighted by atomic mass is 16.5. The van der Waals surface area contributed by atoms with Gasteiger partial charge in [-0.1, -0.05) is 6.07 Å². The lowest BCUT2D eigenvalue weighted by Crippen LogP contribution is -2.39. The maximum absolute atomic E-state index is 12.1. The molecule has 5 nitrogen and oxygen atoms in total. The molecule has 0 spiro atoms. The summed E-state index contributed by atoms with van der Waals surface area (Å²) in [5.41, 5.74) is 1.65. The van der Waals surface area contributed by atoms with Gasteiger partial charge in [-0.25, -0.2) is 4.79 Å². The van der Waals surface area contributed by atoms with Crippen LogP contribution < -0.4 is 5.32 Å². The minimum Gasteiger partial charge on any atom is -0.478 e. The smallest absolute Gasteiger partial charge is 0.328 e. The molecule has 114 valence electrons. The lowest BCUT2D eigenvalue weighted by atomic mass is 10.0. The van der Waals surface area contributed by atoms with Crippen LogP contribution in [0.15, 0.2) is 24.3 Å². The lowest BCUT2D eigenvalue weighted by Gasteiger charge is -2.23. The number of hydrogen-bond acceptors (Lipinski definition) is 3. The molecule has 0 atom stereocenters. The van der Waals surface area contributed by atoms with Gasteiger partial charge in [0.25, 0.3) is 5.91 Å². The fourth-order valence-corrected chi connectivity index (χ4v) is 1.59. The molecule has 0 fully saturated rings. The van der Waals surface area contributed by atoms with Gasteiger partial charge < -0.3 is 15.2 Å². The fourth-order valence-electron chi connectivity index (χ4n) is 1.59. The Bertz CT molecular complexity index is 561. The molecule has 1 aromatic carbocycles. The van der Waals surface area contributed by atoms with Crippen LogP contribution in [0.5, 0.6) is 0 Å². The number of methoxy groups -OCH3 is 1. The van der Waals surface area contributed by atoms with Crippen molar-refractivity contribution < 1.29 is 19.4 Å². The summed E-state index contributed by atoms with van der Waals surface area (Å²) in [5.74, 6) is -1.24. The normalized spacial score (nSPS) is 11.6. The van der Waals surface area contributed by atoms with Crippen LogP contribution in [0.4, 0.5) is 0 Å². The Kier molecular flexibility index (Phi) is 5.67. The quantitative estimate of drug-likeness (QED) is 0.788. The minimum atomic E-state index is -1.02. The Balaban J connectivity index is 2.86. The molecule has 0 saturated carbocycles. The maximum atomic E-state index is 12.1. The molecule has 1 amide bonds. The molecule has 21 heavy (non-hydrogen) atoms. The van der Waals surface area contributed by atoms with Gasteiger partial charge in [0.05, 0.1) is 5.60 Å². The van der Waals surface area contributed by atoms with Crippen molar-refractivity contribution in [3.8, 4) is 0 Å².